The maximum absolute atomic E-state index is 12.7. The standard InChI is InChI=1S/C16H15F3N2O3S/c1-21(2)25(23,24)14-8-6-13(7-9-14)20-15(22)11-4-3-5-12(10-11)16(17,18)19/h3-10H,1-2H3,(H,20,22). The van der Waals surface area contributed by atoms with Gasteiger partial charge in [0.05, 0.1) is 10.5 Å². The van der Waals surface area contributed by atoms with Gasteiger partial charge in [-0.3, -0.25) is 4.79 Å². The molecule has 5 nitrogen and oxygen atoms in total. The normalized spacial score (nSPS) is 12.2. The largest absolute Gasteiger partial charge is 0.416 e. The van der Waals surface area contributed by atoms with Crippen LogP contribution in [0.2, 0.25) is 0 Å². The molecule has 1 amide bonds. The van der Waals surface area contributed by atoms with Crippen molar-refractivity contribution in [1.29, 1.82) is 0 Å². The van der Waals surface area contributed by atoms with Crippen molar-refractivity contribution in [2.45, 2.75) is 11.1 Å². The smallest absolute Gasteiger partial charge is 0.322 e. The second kappa shape index (κ2) is 6.85. The first kappa shape index (κ1) is 18.9. The van der Waals surface area contributed by atoms with E-state index in [4.69, 9.17) is 0 Å². The average molecular weight is 372 g/mol. The third-order valence-corrected chi connectivity index (χ3v) is 5.17. The summed E-state index contributed by atoms with van der Waals surface area (Å²) in [7, 11) is -0.826. The molecule has 0 bridgehead atoms. The molecule has 134 valence electrons. The van der Waals surface area contributed by atoms with Crippen LogP contribution in [-0.4, -0.2) is 32.7 Å². The highest BCUT2D eigenvalue weighted by Crippen LogP contribution is 2.29. The number of carbonyl (C=O) groups excluding carboxylic acids is 1. The zero-order valence-electron chi connectivity index (χ0n) is 13.3. The summed E-state index contributed by atoms with van der Waals surface area (Å²) >= 11 is 0. The lowest BCUT2D eigenvalue weighted by atomic mass is 10.1. The van der Waals surface area contributed by atoms with Crippen LogP contribution in [-0.2, 0) is 16.2 Å². The maximum Gasteiger partial charge on any atom is 0.416 e. The first-order valence-corrected chi connectivity index (χ1v) is 8.47. The van der Waals surface area contributed by atoms with Crippen molar-refractivity contribution in [1.82, 2.24) is 4.31 Å². The minimum Gasteiger partial charge on any atom is -0.322 e. The van der Waals surface area contributed by atoms with E-state index in [9.17, 15) is 26.4 Å². The van der Waals surface area contributed by atoms with Crippen LogP contribution in [0, 0.1) is 0 Å². The summed E-state index contributed by atoms with van der Waals surface area (Å²) in [6.45, 7) is 0. The van der Waals surface area contributed by atoms with Gasteiger partial charge in [-0.15, -0.1) is 0 Å². The number of anilines is 1. The second-order valence-corrected chi connectivity index (χ2v) is 7.50. The molecule has 2 aromatic rings. The number of hydrogen-bond acceptors (Lipinski definition) is 3. The van der Waals surface area contributed by atoms with E-state index in [1.807, 2.05) is 0 Å². The van der Waals surface area contributed by atoms with Crippen molar-refractivity contribution in [2.24, 2.45) is 0 Å². The Bertz CT molecular complexity index is 876. The van der Waals surface area contributed by atoms with Gasteiger partial charge in [0.1, 0.15) is 0 Å². The molecular weight excluding hydrogens is 357 g/mol. The van der Waals surface area contributed by atoms with Gasteiger partial charge in [0.15, 0.2) is 0 Å². The summed E-state index contributed by atoms with van der Waals surface area (Å²) in [5, 5.41) is 2.43. The van der Waals surface area contributed by atoms with Crippen molar-refractivity contribution >= 4 is 21.6 Å². The zero-order valence-corrected chi connectivity index (χ0v) is 14.1. The van der Waals surface area contributed by atoms with E-state index in [-0.39, 0.29) is 16.1 Å². The molecule has 0 aromatic heterocycles. The minimum absolute atomic E-state index is 0.0366. The van der Waals surface area contributed by atoms with Crippen LogP contribution in [0.3, 0.4) is 0 Å². The summed E-state index contributed by atoms with van der Waals surface area (Å²) in [6, 6.07) is 9.36. The van der Waals surface area contributed by atoms with E-state index < -0.39 is 27.7 Å². The summed E-state index contributed by atoms with van der Waals surface area (Å²) in [4.78, 5) is 12.1. The number of amides is 1. The fraction of sp³-hybridized carbons (Fsp3) is 0.188. The van der Waals surface area contributed by atoms with Crippen LogP contribution in [0.5, 0.6) is 0 Å². The van der Waals surface area contributed by atoms with Gasteiger partial charge in [0.25, 0.3) is 5.91 Å². The van der Waals surface area contributed by atoms with E-state index in [1.165, 1.54) is 44.4 Å². The number of halogens is 3. The number of benzene rings is 2. The summed E-state index contributed by atoms with van der Waals surface area (Å²) in [6.07, 6.45) is -4.54. The molecule has 0 aliphatic heterocycles. The number of nitrogens with one attached hydrogen (secondary N) is 1. The van der Waals surface area contributed by atoms with Crippen molar-refractivity contribution < 1.29 is 26.4 Å². The Balaban J connectivity index is 2.19. The molecule has 0 aliphatic carbocycles. The van der Waals surface area contributed by atoms with Gasteiger partial charge >= 0.3 is 6.18 Å². The van der Waals surface area contributed by atoms with E-state index in [1.54, 1.807) is 0 Å². The van der Waals surface area contributed by atoms with Crippen LogP contribution in [0.15, 0.2) is 53.4 Å². The van der Waals surface area contributed by atoms with Gasteiger partial charge in [-0.05, 0) is 42.5 Å². The highest BCUT2D eigenvalue weighted by Gasteiger charge is 2.30. The molecule has 0 fully saturated rings. The highest BCUT2D eigenvalue weighted by atomic mass is 32.2. The molecule has 2 aromatic carbocycles. The lowest BCUT2D eigenvalue weighted by Crippen LogP contribution is -2.22. The van der Waals surface area contributed by atoms with Gasteiger partial charge in [-0.1, -0.05) is 6.07 Å². The van der Waals surface area contributed by atoms with Crippen LogP contribution in [0.4, 0.5) is 18.9 Å². The summed E-state index contributed by atoms with van der Waals surface area (Å²) < 4.78 is 63.0. The molecule has 2 rings (SSSR count). The molecule has 0 heterocycles. The predicted octanol–water partition coefficient (Wildman–Crippen LogP) is 3.21. The number of carbonyl (C=O) groups is 1. The van der Waals surface area contributed by atoms with Crippen molar-refractivity contribution in [3.05, 3.63) is 59.7 Å². The predicted molar refractivity (Wildman–Crippen MR) is 86.7 cm³/mol. The van der Waals surface area contributed by atoms with E-state index in [2.05, 4.69) is 5.32 Å². The molecule has 1 N–H and O–H groups in total. The summed E-state index contributed by atoms with van der Waals surface area (Å²) in [5.41, 5.74) is -0.812. The lowest BCUT2D eigenvalue weighted by molar-refractivity contribution is -0.137. The Hall–Kier alpha value is -2.39. The first-order valence-electron chi connectivity index (χ1n) is 7.03. The van der Waals surface area contributed by atoms with E-state index in [0.29, 0.717) is 0 Å². The molecule has 0 atom stereocenters. The fourth-order valence-electron chi connectivity index (χ4n) is 1.96. The van der Waals surface area contributed by atoms with E-state index in [0.717, 1.165) is 22.5 Å². The molecule has 0 aliphatic rings. The second-order valence-electron chi connectivity index (χ2n) is 5.34. The molecule has 0 radical (unpaired) electrons. The summed E-state index contributed by atoms with van der Waals surface area (Å²) in [5.74, 6) is -0.727. The van der Waals surface area contributed by atoms with E-state index >= 15 is 0 Å². The Labute approximate surface area is 143 Å². The number of hydrogen-bond donors (Lipinski definition) is 1. The maximum atomic E-state index is 12.7. The lowest BCUT2D eigenvalue weighted by Gasteiger charge is -2.12. The Morgan fingerprint density at radius 2 is 1.64 bits per heavy atom. The fourth-order valence-corrected chi connectivity index (χ4v) is 2.86. The first-order chi connectivity index (χ1) is 11.5. The van der Waals surface area contributed by atoms with Crippen LogP contribution < -0.4 is 5.32 Å². The minimum atomic E-state index is -4.54. The van der Waals surface area contributed by atoms with Gasteiger partial charge < -0.3 is 5.32 Å². The van der Waals surface area contributed by atoms with Crippen molar-refractivity contribution in [3.63, 3.8) is 0 Å². The molecular formula is C16H15F3N2O3S. The SMILES string of the molecule is CN(C)S(=O)(=O)c1ccc(NC(=O)c2cccc(C(F)(F)F)c2)cc1. The highest BCUT2D eigenvalue weighted by molar-refractivity contribution is 7.89. The Morgan fingerprint density at radius 3 is 2.16 bits per heavy atom. The van der Waals surface area contributed by atoms with Crippen LogP contribution >= 0.6 is 0 Å². The number of sulfonamides is 1. The molecule has 9 heteroatoms. The number of nitrogens with zero attached hydrogens (tertiary/aromatic N) is 1. The van der Waals surface area contributed by atoms with Crippen molar-refractivity contribution in [2.75, 3.05) is 19.4 Å². The van der Waals surface area contributed by atoms with Gasteiger partial charge in [-0.25, -0.2) is 12.7 Å². The molecule has 0 unspecified atom stereocenters. The third kappa shape index (κ3) is 4.37. The monoisotopic (exact) mass is 372 g/mol. The Morgan fingerprint density at radius 1 is 1.04 bits per heavy atom. The van der Waals surface area contributed by atoms with Gasteiger partial charge in [-0.2, -0.15) is 13.2 Å². The van der Waals surface area contributed by atoms with Gasteiger partial charge in [0, 0.05) is 25.3 Å². The molecule has 0 spiro atoms. The zero-order chi connectivity index (χ0) is 18.8. The van der Waals surface area contributed by atoms with Crippen LogP contribution in [0.1, 0.15) is 15.9 Å². The molecule has 25 heavy (non-hydrogen) atoms. The van der Waals surface area contributed by atoms with Gasteiger partial charge in [0.2, 0.25) is 10.0 Å². The Kier molecular flexibility index (Phi) is 5.19. The third-order valence-electron chi connectivity index (χ3n) is 3.34. The molecule has 0 saturated heterocycles. The van der Waals surface area contributed by atoms with Crippen LogP contribution in [0.25, 0.3) is 0 Å². The average Bonchev–Trinajstić information content (AvgIpc) is 2.54. The quantitative estimate of drug-likeness (QED) is 0.896. The topological polar surface area (TPSA) is 66.5 Å². The number of alkyl halides is 3. The van der Waals surface area contributed by atoms with Crippen molar-refractivity contribution in [3.8, 4) is 0 Å². The molecule has 0 saturated carbocycles. The number of rotatable bonds is 4.